The number of hydrogen-bond acceptors (Lipinski definition) is 2. The predicted molar refractivity (Wildman–Crippen MR) is 71.7 cm³/mol. The first-order valence-electron chi connectivity index (χ1n) is 5.51. The number of sulfonamides is 1. The third-order valence-electron chi connectivity index (χ3n) is 2.92. The van der Waals surface area contributed by atoms with Crippen molar-refractivity contribution in [2.45, 2.75) is 35.6 Å². The summed E-state index contributed by atoms with van der Waals surface area (Å²) in [5.41, 5.74) is 0. The van der Waals surface area contributed by atoms with Gasteiger partial charge in [0, 0.05) is 15.9 Å². The molecule has 100 valence electrons. The maximum absolute atomic E-state index is 13.6. The summed E-state index contributed by atoms with van der Waals surface area (Å²) < 4.78 is 40.7. The van der Waals surface area contributed by atoms with Gasteiger partial charge < -0.3 is 0 Å². The molecule has 0 spiro atoms. The molecule has 1 aliphatic carbocycles. The lowest BCUT2D eigenvalue weighted by atomic mass is 10.3. The SMILES string of the molecule is O=S(=O)(NC1CCCC1Cl)c1ccc(Br)cc1F. The van der Waals surface area contributed by atoms with Gasteiger partial charge in [-0.1, -0.05) is 22.4 Å². The Kier molecular flexibility index (Phi) is 4.31. The summed E-state index contributed by atoms with van der Waals surface area (Å²) in [7, 11) is -3.85. The molecular formula is C11H12BrClFNO2S. The first kappa shape index (κ1) is 14.2. The fourth-order valence-electron chi connectivity index (χ4n) is 2.00. The summed E-state index contributed by atoms with van der Waals surface area (Å²) in [6.07, 6.45) is 2.34. The Labute approximate surface area is 119 Å². The van der Waals surface area contributed by atoms with Crippen molar-refractivity contribution in [3.8, 4) is 0 Å². The molecule has 0 saturated heterocycles. The molecule has 2 unspecified atom stereocenters. The van der Waals surface area contributed by atoms with Crippen LogP contribution < -0.4 is 4.72 Å². The molecule has 1 aromatic rings. The summed E-state index contributed by atoms with van der Waals surface area (Å²) >= 11 is 9.09. The van der Waals surface area contributed by atoms with Crippen molar-refractivity contribution < 1.29 is 12.8 Å². The van der Waals surface area contributed by atoms with Gasteiger partial charge in [0.15, 0.2) is 0 Å². The van der Waals surface area contributed by atoms with Crippen molar-refractivity contribution in [1.82, 2.24) is 4.72 Å². The Balaban J connectivity index is 2.25. The van der Waals surface area contributed by atoms with E-state index in [0.29, 0.717) is 10.9 Å². The molecule has 0 aromatic heterocycles. The molecule has 1 aliphatic rings. The second kappa shape index (κ2) is 5.45. The van der Waals surface area contributed by atoms with Crippen LogP contribution in [-0.4, -0.2) is 19.8 Å². The lowest BCUT2D eigenvalue weighted by Gasteiger charge is -2.16. The molecule has 1 saturated carbocycles. The molecule has 0 heterocycles. The molecule has 1 aromatic carbocycles. The average molecular weight is 357 g/mol. The summed E-state index contributed by atoms with van der Waals surface area (Å²) in [6.45, 7) is 0. The van der Waals surface area contributed by atoms with Crippen LogP contribution in [0.15, 0.2) is 27.6 Å². The summed E-state index contributed by atoms with van der Waals surface area (Å²) in [5, 5.41) is -0.224. The van der Waals surface area contributed by atoms with E-state index in [0.717, 1.165) is 18.9 Å². The van der Waals surface area contributed by atoms with Gasteiger partial charge in [-0.2, -0.15) is 0 Å². The Bertz CT molecular complexity index is 552. The van der Waals surface area contributed by atoms with Crippen LogP contribution in [0.2, 0.25) is 0 Å². The van der Waals surface area contributed by atoms with Gasteiger partial charge in [-0.15, -0.1) is 11.6 Å². The zero-order valence-corrected chi connectivity index (χ0v) is 12.5. The van der Waals surface area contributed by atoms with Crippen molar-refractivity contribution in [1.29, 1.82) is 0 Å². The Morgan fingerprint density at radius 1 is 1.39 bits per heavy atom. The lowest BCUT2D eigenvalue weighted by molar-refractivity contribution is 0.537. The molecule has 1 fully saturated rings. The lowest BCUT2D eigenvalue weighted by Crippen LogP contribution is -2.38. The molecule has 18 heavy (non-hydrogen) atoms. The predicted octanol–water partition coefficient (Wildman–Crippen LogP) is 3.03. The van der Waals surface area contributed by atoms with Crippen LogP contribution in [0.25, 0.3) is 0 Å². The van der Waals surface area contributed by atoms with E-state index in [4.69, 9.17) is 11.6 Å². The Morgan fingerprint density at radius 3 is 2.67 bits per heavy atom. The van der Waals surface area contributed by atoms with E-state index in [2.05, 4.69) is 20.7 Å². The van der Waals surface area contributed by atoms with E-state index < -0.39 is 15.8 Å². The van der Waals surface area contributed by atoms with Crippen LogP contribution >= 0.6 is 27.5 Å². The van der Waals surface area contributed by atoms with Gasteiger partial charge in [-0.25, -0.2) is 17.5 Å². The van der Waals surface area contributed by atoms with Crippen LogP contribution in [0.4, 0.5) is 4.39 Å². The largest absolute Gasteiger partial charge is 0.243 e. The van der Waals surface area contributed by atoms with Gasteiger partial charge in [-0.3, -0.25) is 0 Å². The molecule has 0 aliphatic heterocycles. The minimum atomic E-state index is -3.85. The van der Waals surface area contributed by atoms with Crippen LogP contribution in [0.3, 0.4) is 0 Å². The number of hydrogen-bond donors (Lipinski definition) is 1. The highest BCUT2D eigenvalue weighted by atomic mass is 79.9. The number of halogens is 3. The van der Waals surface area contributed by atoms with Gasteiger partial charge in [-0.05, 0) is 31.0 Å². The molecule has 0 bridgehead atoms. The first-order chi connectivity index (χ1) is 8.40. The van der Waals surface area contributed by atoms with Gasteiger partial charge >= 0.3 is 0 Å². The summed E-state index contributed by atoms with van der Waals surface area (Å²) in [4.78, 5) is -0.346. The smallest absolute Gasteiger partial charge is 0.207 e. The van der Waals surface area contributed by atoms with E-state index >= 15 is 0 Å². The van der Waals surface area contributed by atoms with Crippen molar-refractivity contribution in [3.05, 3.63) is 28.5 Å². The highest BCUT2D eigenvalue weighted by molar-refractivity contribution is 9.10. The fraction of sp³-hybridized carbons (Fsp3) is 0.455. The molecule has 2 rings (SSSR count). The number of nitrogens with one attached hydrogen (secondary N) is 1. The third kappa shape index (κ3) is 3.04. The van der Waals surface area contributed by atoms with Gasteiger partial charge in [0.05, 0.1) is 0 Å². The normalized spacial score (nSPS) is 24.4. The zero-order valence-electron chi connectivity index (χ0n) is 9.37. The standard InChI is InChI=1S/C11H12BrClFNO2S/c12-7-4-5-11(9(14)6-7)18(16,17)15-10-3-1-2-8(10)13/h4-6,8,10,15H,1-3H2. The van der Waals surface area contributed by atoms with Gasteiger partial charge in [0.1, 0.15) is 10.7 Å². The van der Waals surface area contributed by atoms with E-state index in [1.807, 2.05) is 0 Å². The fourth-order valence-corrected chi connectivity index (χ4v) is 4.13. The van der Waals surface area contributed by atoms with Crippen LogP contribution in [0.5, 0.6) is 0 Å². The third-order valence-corrected chi connectivity index (χ3v) is 5.46. The summed E-state index contributed by atoms with van der Waals surface area (Å²) in [6, 6.07) is 3.53. The zero-order chi connectivity index (χ0) is 13.3. The van der Waals surface area contributed by atoms with Crippen molar-refractivity contribution >= 4 is 37.6 Å². The topological polar surface area (TPSA) is 46.2 Å². The number of rotatable bonds is 3. The maximum atomic E-state index is 13.6. The minimum absolute atomic E-state index is 0.224. The van der Waals surface area contributed by atoms with Gasteiger partial charge in [0.25, 0.3) is 0 Å². The second-order valence-electron chi connectivity index (χ2n) is 4.25. The molecule has 0 amide bonds. The van der Waals surface area contributed by atoms with E-state index in [1.54, 1.807) is 0 Å². The van der Waals surface area contributed by atoms with E-state index in [-0.39, 0.29) is 16.3 Å². The van der Waals surface area contributed by atoms with Gasteiger partial charge in [0.2, 0.25) is 10.0 Å². The Hall–Kier alpha value is -0.170. The highest BCUT2D eigenvalue weighted by Gasteiger charge is 2.31. The van der Waals surface area contributed by atoms with Crippen LogP contribution in [0, 0.1) is 5.82 Å². The van der Waals surface area contributed by atoms with E-state index in [1.165, 1.54) is 12.1 Å². The summed E-state index contributed by atoms with van der Waals surface area (Å²) in [5.74, 6) is -0.777. The number of benzene rings is 1. The number of alkyl halides is 1. The van der Waals surface area contributed by atoms with E-state index in [9.17, 15) is 12.8 Å². The van der Waals surface area contributed by atoms with Crippen molar-refractivity contribution in [3.63, 3.8) is 0 Å². The molecule has 3 nitrogen and oxygen atoms in total. The highest BCUT2D eigenvalue weighted by Crippen LogP contribution is 2.26. The molecule has 2 atom stereocenters. The van der Waals surface area contributed by atoms with Crippen LogP contribution in [-0.2, 0) is 10.0 Å². The monoisotopic (exact) mass is 355 g/mol. The molecule has 0 radical (unpaired) electrons. The Morgan fingerprint density at radius 2 is 2.11 bits per heavy atom. The molecule has 7 heteroatoms. The molecular weight excluding hydrogens is 345 g/mol. The minimum Gasteiger partial charge on any atom is -0.207 e. The van der Waals surface area contributed by atoms with Crippen molar-refractivity contribution in [2.24, 2.45) is 0 Å². The van der Waals surface area contributed by atoms with Crippen LogP contribution in [0.1, 0.15) is 19.3 Å². The molecule has 1 N–H and O–H groups in total. The first-order valence-corrected chi connectivity index (χ1v) is 8.23. The second-order valence-corrected chi connectivity index (χ2v) is 7.41. The quantitative estimate of drug-likeness (QED) is 0.846. The van der Waals surface area contributed by atoms with Crippen molar-refractivity contribution in [2.75, 3.05) is 0 Å². The average Bonchev–Trinajstić information content (AvgIpc) is 2.63. The maximum Gasteiger partial charge on any atom is 0.243 e.